The smallest absolute Gasteiger partial charge is 0.268 e. The van der Waals surface area contributed by atoms with Crippen molar-refractivity contribution < 1.29 is 17.9 Å². The van der Waals surface area contributed by atoms with Crippen LogP contribution in [0.15, 0.2) is 41.3 Å². The molecular weight excluding hydrogens is 376 g/mol. The highest BCUT2D eigenvalue weighted by atomic mass is 32.2. The second-order valence-corrected chi connectivity index (χ2v) is 9.06. The summed E-state index contributed by atoms with van der Waals surface area (Å²) in [6, 6.07) is 10.3. The lowest BCUT2D eigenvalue weighted by atomic mass is 10.1. The van der Waals surface area contributed by atoms with E-state index in [1.54, 1.807) is 30.3 Å². The molecule has 0 bridgehead atoms. The van der Waals surface area contributed by atoms with E-state index in [9.17, 15) is 13.2 Å². The summed E-state index contributed by atoms with van der Waals surface area (Å²) in [5, 5.41) is 2.76. The maximum Gasteiger partial charge on any atom is 0.268 e. The zero-order valence-electron chi connectivity index (χ0n) is 17.2. The summed E-state index contributed by atoms with van der Waals surface area (Å²) in [6.45, 7) is 8.94. The van der Waals surface area contributed by atoms with Crippen molar-refractivity contribution in [3.63, 3.8) is 0 Å². The summed E-state index contributed by atoms with van der Waals surface area (Å²) in [4.78, 5) is 12.5. The number of hydrogen-bond acceptors (Lipinski definition) is 4. The van der Waals surface area contributed by atoms with E-state index < -0.39 is 10.0 Å². The van der Waals surface area contributed by atoms with Crippen molar-refractivity contribution >= 4 is 21.6 Å². The van der Waals surface area contributed by atoms with Gasteiger partial charge in [0.25, 0.3) is 10.0 Å². The van der Waals surface area contributed by atoms with Gasteiger partial charge in [0.15, 0.2) is 0 Å². The van der Waals surface area contributed by atoms with Gasteiger partial charge in [-0.1, -0.05) is 12.1 Å². The molecule has 0 saturated carbocycles. The molecule has 2 rings (SSSR count). The highest BCUT2D eigenvalue weighted by Gasteiger charge is 2.30. The molecule has 1 N–H and O–H groups in total. The van der Waals surface area contributed by atoms with Crippen LogP contribution in [0.25, 0.3) is 0 Å². The number of nitrogens with zero attached hydrogens (tertiary/aromatic N) is 1. The molecule has 0 spiro atoms. The third-order valence-electron chi connectivity index (χ3n) is 4.12. The number of aryl methyl sites for hydroxylation is 3. The van der Waals surface area contributed by atoms with Gasteiger partial charge in [-0.2, -0.15) is 0 Å². The quantitative estimate of drug-likeness (QED) is 0.768. The lowest BCUT2D eigenvalue weighted by molar-refractivity contribution is -0.120. The Hall–Kier alpha value is -2.54. The van der Waals surface area contributed by atoms with Gasteiger partial charge in [-0.25, -0.2) is 8.42 Å². The molecule has 0 aliphatic heterocycles. The maximum atomic E-state index is 13.6. The Morgan fingerprint density at radius 2 is 1.64 bits per heavy atom. The van der Waals surface area contributed by atoms with E-state index in [1.165, 1.54) is 7.11 Å². The van der Waals surface area contributed by atoms with Crippen LogP contribution in [0.5, 0.6) is 5.75 Å². The predicted molar refractivity (Wildman–Crippen MR) is 111 cm³/mol. The number of benzene rings is 2. The molecule has 0 aliphatic carbocycles. The minimum absolute atomic E-state index is 0.0338. The second kappa shape index (κ2) is 8.65. The van der Waals surface area contributed by atoms with E-state index >= 15 is 0 Å². The first-order valence-corrected chi connectivity index (χ1v) is 10.5. The number of carbonyl (C=O) groups is 1. The first-order valence-electron chi connectivity index (χ1n) is 9.09. The number of nitrogens with one attached hydrogen (secondary N) is 1. The normalized spacial score (nSPS) is 11.4. The Kier molecular flexibility index (Phi) is 6.72. The molecule has 0 saturated heterocycles. The van der Waals surface area contributed by atoms with E-state index in [2.05, 4.69) is 5.32 Å². The van der Waals surface area contributed by atoms with Crippen LogP contribution < -0.4 is 14.4 Å². The van der Waals surface area contributed by atoms with Crippen LogP contribution in [0.3, 0.4) is 0 Å². The van der Waals surface area contributed by atoms with E-state index in [-0.39, 0.29) is 29.1 Å². The molecule has 6 nitrogen and oxygen atoms in total. The first kappa shape index (κ1) is 21.8. The monoisotopic (exact) mass is 404 g/mol. The van der Waals surface area contributed by atoms with Crippen molar-refractivity contribution in [3.05, 3.63) is 53.1 Å². The molecule has 0 heterocycles. The van der Waals surface area contributed by atoms with Crippen LogP contribution in [0.2, 0.25) is 0 Å². The highest BCUT2D eigenvalue weighted by Crippen LogP contribution is 2.31. The Balaban J connectivity index is 2.63. The SMILES string of the molecule is COc1ccc(C)cc1S(=O)(=O)N(CC(=O)NC(C)C)c1cc(C)cc(C)c1. The third kappa shape index (κ3) is 5.04. The Morgan fingerprint density at radius 3 is 2.18 bits per heavy atom. The largest absolute Gasteiger partial charge is 0.495 e. The molecule has 0 atom stereocenters. The maximum absolute atomic E-state index is 13.6. The minimum Gasteiger partial charge on any atom is -0.495 e. The second-order valence-electron chi connectivity index (χ2n) is 7.23. The van der Waals surface area contributed by atoms with Crippen molar-refractivity contribution in [1.82, 2.24) is 5.32 Å². The number of carbonyl (C=O) groups excluding carboxylic acids is 1. The van der Waals surface area contributed by atoms with Crippen molar-refractivity contribution in [2.75, 3.05) is 18.0 Å². The fourth-order valence-corrected chi connectivity index (χ4v) is 4.66. The molecule has 28 heavy (non-hydrogen) atoms. The van der Waals surface area contributed by atoms with E-state index in [1.807, 2.05) is 40.7 Å². The number of ether oxygens (including phenoxy) is 1. The average Bonchev–Trinajstić information content (AvgIpc) is 2.58. The summed E-state index contributed by atoms with van der Waals surface area (Å²) in [5.74, 6) is -0.131. The molecule has 0 fully saturated rings. The fraction of sp³-hybridized carbons (Fsp3) is 0.381. The topological polar surface area (TPSA) is 75.7 Å². The van der Waals surface area contributed by atoms with Crippen LogP contribution in [-0.2, 0) is 14.8 Å². The molecular formula is C21H28N2O4S. The molecule has 2 aromatic rings. The van der Waals surface area contributed by atoms with E-state index in [0.717, 1.165) is 21.0 Å². The zero-order chi connectivity index (χ0) is 21.1. The number of amides is 1. The fourth-order valence-electron chi connectivity index (χ4n) is 3.01. The van der Waals surface area contributed by atoms with Gasteiger partial charge >= 0.3 is 0 Å². The molecule has 7 heteroatoms. The lowest BCUT2D eigenvalue weighted by Crippen LogP contribution is -2.43. The summed E-state index contributed by atoms with van der Waals surface area (Å²) in [6.07, 6.45) is 0. The third-order valence-corrected chi connectivity index (χ3v) is 5.91. The van der Waals surface area contributed by atoms with Crippen LogP contribution in [0.4, 0.5) is 5.69 Å². The van der Waals surface area contributed by atoms with E-state index in [0.29, 0.717) is 5.69 Å². The van der Waals surface area contributed by atoms with Crippen LogP contribution in [0, 0.1) is 20.8 Å². The highest BCUT2D eigenvalue weighted by molar-refractivity contribution is 7.93. The van der Waals surface area contributed by atoms with Gasteiger partial charge in [0.05, 0.1) is 12.8 Å². The van der Waals surface area contributed by atoms with Crippen molar-refractivity contribution in [2.24, 2.45) is 0 Å². The number of methoxy groups -OCH3 is 1. The van der Waals surface area contributed by atoms with Crippen LogP contribution in [-0.4, -0.2) is 34.0 Å². The van der Waals surface area contributed by atoms with Gasteiger partial charge in [-0.05, 0) is 75.6 Å². The van der Waals surface area contributed by atoms with Gasteiger partial charge in [-0.3, -0.25) is 9.10 Å². The predicted octanol–water partition coefficient (Wildman–Crippen LogP) is 3.34. The van der Waals surface area contributed by atoms with Gasteiger partial charge in [0.1, 0.15) is 17.2 Å². The number of hydrogen-bond donors (Lipinski definition) is 1. The summed E-state index contributed by atoms with van der Waals surface area (Å²) >= 11 is 0. The summed E-state index contributed by atoms with van der Waals surface area (Å²) in [5.41, 5.74) is 3.05. The van der Waals surface area contributed by atoms with Gasteiger partial charge in [0.2, 0.25) is 5.91 Å². The van der Waals surface area contributed by atoms with Crippen LogP contribution >= 0.6 is 0 Å². The van der Waals surface area contributed by atoms with Crippen molar-refractivity contribution in [3.8, 4) is 5.75 Å². The minimum atomic E-state index is -4.04. The summed E-state index contributed by atoms with van der Waals surface area (Å²) in [7, 11) is -2.61. The Bertz CT molecular complexity index is 948. The molecule has 152 valence electrons. The first-order chi connectivity index (χ1) is 13.0. The zero-order valence-corrected chi connectivity index (χ0v) is 18.1. The Morgan fingerprint density at radius 1 is 1.04 bits per heavy atom. The van der Waals surface area contributed by atoms with Crippen LogP contribution in [0.1, 0.15) is 30.5 Å². The summed E-state index contributed by atoms with van der Waals surface area (Å²) < 4.78 is 33.6. The molecule has 0 unspecified atom stereocenters. The van der Waals surface area contributed by atoms with E-state index in [4.69, 9.17) is 4.74 Å². The van der Waals surface area contributed by atoms with Crippen molar-refractivity contribution in [2.45, 2.75) is 45.6 Å². The number of sulfonamides is 1. The molecule has 1 amide bonds. The van der Waals surface area contributed by atoms with Gasteiger partial charge in [0, 0.05) is 6.04 Å². The molecule has 0 aliphatic rings. The number of anilines is 1. The number of rotatable bonds is 7. The molecule has 2 aromatic carbocycles. The van der Waals surface area contributed by atoms with Crippen molar-refractivity contribution in [1.29, 1.82) is 0 Å². The Labute approximate surface area is 167 Å². The standard InChI is InChI=1S/C21H28N2O4S/c1-14(2)22-21(24)13-23(18-10-16(4)9-17(5)11-18)28(25,26)20-12-15(3)7-8-19(20)27-6/h7-12,14H,13H2,1-6H3,(H,22,24). The molecule has 0 radical (unpaired) electrons. The average molecular weight is 405 g/mol. The molecule has 0 aromatic heterocycles. The lowest BCUT2D eigenvalue weighted by Gasteiger charge is -2.26. The van der Waals surface area contributed by atoms with Gasteiger partial charge in [-0.15, -0.1) is 0 Å². The van der Waals surface area contributed by atoms with Gasteiger partial charge < -0.3 is 10.1 Å².